The van der Waals surface area contributed by atoms with Gasteiger partial charge in [-0.15, -0.1) is 0 Å². The van der Waals surface area contributed by atoms with Crippen molar-refractivity contribution in [3.63, 3.8) is 0 Å². The molecule has 88 valence electrons. The van der Waals surface area contributed by atoms with Crippen LogP contribution < -0.4 is 9.47 Å². The minimum absolute atomic E-state index is 0.0988. The third-order valence-electron chi connectivity index (χ3n) is 2.41. The Hall–Kier alpha value is -2.37. The zero-order chi connectivity index (χ0) is 12.4. The van der Waals surface area contributed by atoms with Crippen molar-refractivity contribution in [2.45, 2.75) is 0 Å². The number of nitrogens with zero attached hydrogens (tertiary/aromatic N) is 2. The lowest BCUT2D eigenvalue weighted by molar-refractivity contribution is -0.383. The van der Waals surface area contributed by atoms with Gasteiger partial charge < -0.3 is 9.47 Å². The van der Waals surface area contributed by atoms with E-state index in [2.05, 4.69) is 4.98 Å². The second-order valence-electron chi connectivity index (χ2n) is 3.31. The van der Waals surface area contributed by atoms with Gasteiger partial charge in [0.25, 0.3) is 5.69 Å². The largest absolute Gasteiger partial charge is 0.496 e. The Balaban J connectivity index is 2.85. The number of ether oxygens (including phenoxy) is 2. The molecule has 0 aliphatic rings. The first kappa shape index (κ1) is 11.1. The van der Waals surface area contributed by atoms with Crippen molar-refractivity contribution in [3.8, 4) is 11.5 Å². The molecule has 1 aromatic heterocycles. The molecular weight excluding hydrogens is 224 g/mol. The van der Waals surface area contributed by atoms with Gasteiger partial charge in [-0.3, -0.25) is 10.1 Å². The number of methoxy groups -OCH3 is 2. The molecule has 0 saturated carbocycles. The lowest BCUT2D eigenvalue weighted by atomic mass is 10.1. The summed E-state index contributed by atoms with van der Waals surface area (Å²) < 4.78 is 10.2. The van der Waals surface area contributed by atoms with Gasteiger partial charge in [-0.05, 0) is 12.1 Å². The molecule has 0 spiro atoms. The lowest BCUT2D eigenvalue weighted by Gasteiger charge is -2.07. The number of fused-ring (bicyclic) bond motifs is 1. The van der Waals surface area contributed by atoms with E-state index < -0.39 is 4.92 Å². The van der Waals surface area contributed by atoms with Crippen molar-refractivity contribution >= 4 is 16.6 Å². The number of hydrogen-bond donors (Lipinski definition) is 0. The molecule has 17 heavy (non-hydrogen) atoms. The maximum absolute atomic E-state index is 11.0. The van der Waals surface area contributed by atoms with Gasteiger partial charge in [0.1, 0.15) is 11.5 Å². The van der Waals surface area contributed by atoms with Crippen LogP contribution in [0.5, 0.6) is 11.5 Å². The normalized spacial score (nSPS) is 10.2. The highest BCUT2D eigenvalue weighted by molar-refractivity contribution is 5.93. The molecule has 0 amide bonds. The van der Waals surface area contributed by atoms with E-state index in [1.165, 1.54) is 26.5 Å². The molecule has 0 N–H and O–H groups in total. The van der Waals surface area contributed by atoms with Gasteiger partial charge in [-0.1, -0.05) is 0 Å². The monoisotopic (exact) mass is 234 g/mol. The fourth-order valence-corrected chi connectivity index (χ4v) is 1.62. The Kier molecular flexibility index (Phi) is 2.78. The number of nitro benzene ring substituents is 1. The fourth-order valence-electron chi connectivity index (χ4n) is 1.62. The van der Waals surface area contributed by atoms with Gasteiger partial charge in [0.05, 0.1) is 30.6 Å². The standard InChI is InChI=1S/C11H10N2O4/c1-16-7-5-8-10(17-2)3-4-12-11(8)9(6-7)13(14)15/h3-6H,1-2H3. The maximum atomic E-state index is 11.0. The highest BCUT2D eigenvalue weighted by Crippen LogP contribution is 2.34. The zero-order valence-electron chi connectivity index (χ0n) is 9.34. The highest BCUT2D eigenvalue weighted by atomic mass is 16.6. The number of non-ortho nitro benzene ring substituents is 1. The molecule has 1 heterocycles. The van der Waals surface area contributed by atoms with Crippen molar-refractivity contribution in [2.75, 3.05) is 14.2 Å². The van der Waals surface area contributed by atoms with Crippen LogP contribution in [0.4, 0.5) is 5.69 Å². The van der Waals surface area contributed by atoms with Crippen LogP contribution in [0.15, 0.2) is 24.4 Å². The second-order valence-corrected chi connectivity index (χ2v) is 3.31. The van der Waals surface area contributed by atoms with Crippen molar-refractivity contribution in [3.05, 3.63) is 34.5 Å². The summed E-state index contributed by atoms with van der Waals surface area (Å²) in [5.74, 6) is 0.924. The number of hydrogen-bond acceptors (Lipinski definition) is 5. The minimum Gasteiger partial charge on any atom is -0.496 e. The molecule has 0 bridgehead atoms. The van der Waals surface area contributed by atoms with Crippen LogP contribution in [0.25, 0.3) is 10.9 Å². The van der Waals surface area contributed by atoms with Crippen molar-refractivity contribution in [1.29, 1.82) is 0 Å². The molecule has 0 fully saturated rings. The second kappa shape index (κ2) is 4.25. The summed E-state index contributed by atoms with van der Waals surface area (Å²) in [4.78, 5) is 14.5. The summed E-state index contributed by atoms with van der Waals surface area (Å²) in [5.41, 5.74) is 0.188. The Bertz CT molecular complexity index is 583. The fraction of sp³-hybridized carbons (Fsp3) is 0.182. The molecule has 0 unspecified atom stereocenters. The first-order chi connectivity index (χ1) is 8.17. The van der Waals surface area contributed by atoms with E-state index in [0.717, 1.165) is 0 Å². The van der Waals surface area contributed by atoms with Crippen LogP contribution in [0.1, 0.15) is 0 Å². The molecule has 6 nitrogen and oxygen atoms in total. The topological polar surface area (TPSA) is 74.5 Å². The molecule has 0 aliphatic heterocycles. The van der Waals surface area contributed by atoms with E-state index in [1.807, 2.05) is 0 Å². The van der Waals surface area contributed by atoms with Crippen molar-refractivity contribution in [1.82, 2.24) is 4.98 Å². The summed E-state index contributed by atoms with van der Waals surface area (Å²) in [6.45, 7) is 0. The van der Waals surface area contributed by atoms with Crippen LogP contribution in [-0.2, 0) is 0 Å². The predicted octanol–water partition coefficient (Wildman–Crippen LogP) is 2.16. The number of benzene rings is 1. The Morgan fingerprint density at radius 3 is 2.65 bits per heavy atom. The van der Waals surface area contributed by atoms with E-state index in [0.29, 0.717) is 16.9 Å². The number of pyridine rings is 1. The molecule has 1 aromatic carbocycles. The number of nitro groups is 1. The van der Waals surface area contributed by atoms with Gasteiger partial charge in [-0.25, -0.2) is 4.98 Å². The van der Waals surface area contributed by atoms with Gasteiger partial charge in [0.15, 0.2) is 5.52 Å². The zero-order valence-corrected chi connectivity index (χ0v) is 9.34. The minimum atomic E-state index is -0.489. The predicted molar refractivity (Wildman–Crippen MR) is 61.5 cm³/mol. The highest BCUT2D eigenvalue weighted by Gasteiger charge is 2.17. The van der Waals surface area contributed by atoms with Crippen LogP contribution in [-0.4, -0.2) is 24.1 Å². The van der Waals surface area contributed by atoms with Gasteiger partial charge >= 0.3 is 0 Å². The van der Waals surface area contributed by atoms with Crippen molar-refractivity contribution < 1.29 is 14.4 Å². The number of aromatic nitrogens is 1. The van der Waals surface area contributed by atoms with Crippen LogP contribution in [0.3, 0.4) is 0 Å². The molecule has 0 aliphatic carbocycles. The average molecular weight is 234 g/mol. The molecule has 0 atom stereocenters. The Morgan fingerprint density at radius 2 is 2.06 bits per heavy atom. The summed E-state index contributed by atoms with van der Waals surface area (Å²) in [6.07, 6.45) is 1.47. The third kappa shape index (κ3) is 1.84. The van der Waals surface area contributed by atoms with Gasteiger partial charge in [0, 0.05) is 6.20 Å². The van der Waals surface area contributed by atoms with Gasteiger partial charge in [-0.2, -0.15) is 0 Å². The maximum Gasteiger partial charge on any atom is 0.299 e. The van der Waals surface area contributed by atoms with E-state index in [1.54, 1.807) is 12.1 Å². The first-order valence-electron chi connectivity index (χ1n) is 4.82. The van der Waals surface area contributed by atoms with E-state index in [4.69, 9.17) is 9.47 Å². The summed E-state index contributed by atoms with van der Waals surface area (Å²) in [5, 5.41) is 11.5. The average Bonchev–Trinajstić information content (AvgIpc) is 2.36. The van der Waals surface area contributed by atoms with Crippen LogP contribution in [0.2, 0.25) is 0 Å². The molecule has 2 rings (SSSR count). The molecule has 0 radical (unpaired) electrons. The molecule has 0 saturated heterocycles. The van der Waals surface area contributed by atoms with Crippen LogP contribution in [0, 0.1) is 10.1 Å². The van der Waals surface area contributed by atoms with Gasteiger partial charge in [0.2, 0.25) is 0 Å². The lowest BCUT2D eigenvalue weighted by Crippen LogP contribution is -1.95. The third-order valence-corrected chi connectivity index (χ3v) is 2.41. The van der Waals surface area contributed by atoms with Crippen LogP contribution >= 0.6 is 0 Å². The van der Waals surface area contributed by atoms with Crippen molar-refractivity contribution in [2.24, 2.45) is 0 Å². The smallest absolute Gasteiger partial charge is 0.299 e. The summed E-state index contributed by atoms with van der Waals surface area (Å²) >= 11 is 0. The van der Waals surface area contributed by atoms with E-state index >= 15 is 0 Å². The molecule has 2 aromatic rings. The Labute approximate surface area is 96.9 Å². The first-order valence-corrected chi connectivity index (χ1v) is 4.82. The molecular formula is C11H10N2O4. The number of rotatable bonds is 3. The quantitative estimate of drug-likeness (QED) is 0.600. The van der Waals surface area contributed by atoms with E-state index in [-0.39, 0.29) is 11.2 Å². The molecule has 6 heteroatoms. The SMILES string of the molecule is COc1cc([N+](=O)[O-])c2nccc(OC)c2c1. The van der Waals surface area contributed by atoms with E-state index in [9.17, 15) is 10.1 Å². The summed E-state index contributed by atoms with van der Waals surface area (Å²) in [6, 6.07) is 4.65. The summed E-state index contributed by atoms with van der Waals surface area (Å²) in [7, 11) is 2.95. The Morgan fingerprint density at radius 1 is 1.29 bits per heavy atom.